The third kappa shape index (κ3) is 4.54. The molecule has 1 atom stereocenters. The van der Waals surface area contributed by atoms with E-state index in [1.807, 2.05) is 5.38 Å². The van der Waals surface area contributed by atoms with Crippen molar-refractivity contribution in [2.24, 2.45) is 0 Å². The Bertz CT molecular complexity index is 1040. The lowest BCUT2D eigenvalue weighted by molar-refractivity contribution is -0.132. The Hall–Kier alpha value is -1.78. The number of carbonyl (C=O) groups is 1. The number of nitrogens with one attached hydrogen (secondary N) is 1. The van der Waals surface area contributed by atoms with Crippen molar-refractivity contribution in [1.82, 2.24) is 19.2 Å². The predicted octanol–water partition coefficient (Wildman–Crippen LogP) is 1.70. The van der Waals surface area contributed by atoms with Crippen LogP contribution in [0.4, 0.5) is 0 Å². The van der Waals surface area contributed by atoms with Crippen LogP contribution in [0.25, 0.3) is 10.2 Å². The van der Waals surface area contributed by atoms with Gasteiger partial charge in [-0.1, -0.05) is 12.8 Å². The van der Waals surface area contributed by atoms with E-state index in [4.69, 9.17) is 0 Å². The summed E-state index contributed by atoms with van der Waals surface area (Å²) in [5.41, 5.74) is -0.149. The quantitative estimate of drug-likeness (QED) is 0.740. The number of carbonyl (C=O) groups excluding carboxylic acids is 1. The molecule has 10 heteroatoms. The van der Waals surface area contributed by atoms with Crippen LogP contribution in [-0.4, -0.2) is 53.2 Å². The predicted molar refractivity (Wildman–Crippen MR) is 112 cm³/mol. The number of fused-ring (bicyclic) bond motifs is 1. The van der Waals surface area contributed by atoms with Gasteiger partial charge < -0.3 is 4.90 Å². The first-order valence-electron chi connectivity index (χ1n) is 10.2. The number of nitrogens with zero attached hydrogens (tertiary/aromatic N) is 3. The van der Waals surface area contributed by atoms with Gasteiger partial charge in [-0.2, -0.15) is 0 Å². The number of hydrogen-bond donors (Lipinski definition) is 1. The van der Waals surface area contributed by atoms with Gasteiger partial charge >= 0.3 is 0 Å². The van der Waals surface area contributed by atoms with Crippen molar-refractivity contribution in [2.75, 3.05) is 13.1 Å². The van der Waals surface area contributed by atoms with Gasteiger partial charge in [-0.3, -0.25) is 14.2 Å². The summed E-state index contributed by atoms with van der Waals surface area (Å²) in [6.45, 7) is 1.02. The maximum atomic E-state index is 12.7. The van der Waals surface area contributed by atoms with Crippen molar-refractivity contribution >= 4 is 37.5 Å². The molecule has 8 nitrogen and oxygen atoms in total. The highest BCUT2D eigenvalue weighted by Crippen LogP contribution is 2.22. The monoisotopic (exact) mass is 438 g/mol. The maximum Gasteiger partial charge on any atom is 0.262 e. The van der Waals surface area contributed by atoms with Crippen LogP contribution in [0.1, 0.15) is 44.9 Å². The second-order valence-corrected chi connectivity index (χ2v) is 10.8. The molecule has 0 unspecified atom stereocenters. The Morgan fingerprint density at radius 1 is 1.24 bits per heavy atom. The molecule has 29 heavy (non-hydrogen) atoms. The first-order chi connectivity index (χ1) is 13.9. The molecule has 0 aromatic carbocycles. The Morgan fingerprint density at radius 3 is 2.83 bits per heavy atom. The number of hydrogen-bond acceptors (Lipinski definition) is 6. The summed E-state index contributed by atoms with van der Waals surface area (Å²) < 4.78 is 29.8. The van der Waals surface area contributed by atoms with Gasteiger partial charge in [0.1, 0.15) is 4.83 Å². The Balaban J connectivity index is 1.36. The molecule has 1 N–H and O–H groups in total. The van der Waals surface area contributed by atoms with E-state index in [0.29, 0.717) is 29.6 Å². The molecule has 158 valence electrons. The minimum absolute atomic E-state index is 0.0393. The molecule has 0 spiro atoms. The molecular weight excluding hydrogens is 412 g/mol. The van der Waals surface area contributed by atoms with E-state index in [0.717, 1.165) is 25.7 Å². The van der Waals surface area contributed by atoms with Crippen LogP contribution < -0.4 is 10.3 Å². The Labute approximate surface area is 174 Å². The highest BCUT2D eigenvalue weighted by molar-refractivity contribution is 7.90. The third-order valence-corrected chi connectivity index (χ3v) is 8.62. The topological polar surface area (TPSA) is 101 Å². The first-order valence-corrected chi connectivity index (χ1v) is 12.6. The molecular formula is C19H26N4O4S2. The molecule has 0 bridgehead atoms. The van der Waals surface area contributed by atoms with Crippen molar-refractivity contribution in [3.63, 3.8) is 0 Å². The number of piperidine rings is 1. The molecule has 3 heterocycles. The molecule has 2 fully saturated rings. The lowest BCUT2D eigenvalue weighted by atomic mass is 10.1. The smallest absolute Gasteiger partial charge is 0.262 e. The zero-order valence-corrected chi connectivity index (χ0v) is 17.9. The van der Waals surface area contributed by atoms with Crippen molar-refractivity contribution in [3.8, 4) is 0 Å². The molecule has 1 aliphatic heterocycles. The van der Waals surface area contributed by atoms with Gasteiger partial charge in [-0.05, 0) is 37.1 Å². The van der Waals surface area contributed by atoms with E-state index in [2.05, 4.69) is 9.71 Å². The largest absolute Gasteiger partial charge is 0.341 e. The Kier molecular flexibility index (Phi) is 6.03. The average molecular weight is 439 g/mol. The molecule has 1 saturated heterocycles. The highest BCUT2D eigenvalue weighted by atomic mass is 32.2. The number of likely N-dealkylation sites (tertiary alicyclic amines) is 1. The lowest BCUT2D eigenvalue weighted by Crippen LogP contribution is -2.50. The van der Waals surface area contributed by atoms with Gasteiger partial charge in [-0.25, -0.2) is 18.1 Å². The minimum Gasteiger partial charge on any atom is -0.341 e. The molecule has 4 rings (SSSR count). The van der Waals surface area contributed by atoms with Gasteiger partial charge in [0.2, 0.25) is 15.9 Å². The highest BCUT2D eigenvalue weighted by Gasteiger charge is 2.34. The van der Waals surface area contributed by atoms with Crippen LogP contribution in [0.2, 0.25) is 0 Å². The van der Waals surface area contributed by atoms with Crippen LogP contribution in [0.15, 0.2) is 22.6 Å². The molecule has 1 saturated carbocycles. The van der Waals surface area contributed by atoms with E-state index in [9.17, 15) is 18.0 Å². The molecule has 2 aromatic heterocycles. The number of rotatable bonds is 6. The maximum absolute atomic E-state index is 12.7. The lowest BCUT2D eigenvalue weighted by Gasteiger charge is -2.33. The molecule has 2 aliphatic rings. The fraction of sp³-hybridized carbons (Fsp3) is 0.632. The third-order valence-electron chi connectivity index (χ3n) is 5.87. The molecule has 1 aliphatic carbocycles. The zero-order valence-electron chi connectivity index (χ0n) is 16.2. The summed E-state index contributed by atoms with van der Waals surface area (Å²) in [6.07, 6.45) is 6.79. The van der Waals surface area contributed by atoms with Gasteiger partial charge in [0.05, 0.1) is 17.0 Å². The summed E-state index contributed by atoms with van der Waals surface area (Å²) in [7, 11) is -3.43. The van der Waals surface area contributed by atoms with Gasteiger partial charge in [0.25, 0.3) is 5.56 Å². The standard InChI is InChI=1S/C19H26N4O4S2/c24-17(7-10-23-13-20-18-16(19(23)25)8-11-28-18)22-9-3-6-15(12-22)29(26,27)21-14-4-1-2-5-14/h8,11,13-15,21H,1-7,9-10,12H2/t15-/m1/s1. The summed E-state index contributed by atoms with van der Waals surface area (Å²) >= 11 is 1.41. The second kappa shape index (κ2) is 8.53. The van der Waals surface area contributed by atoms with Gasteiger partial charge in [0.15, 0.2) is 0 Å². The van der Waals surface area contributed by atoms with Crippen molar-refractivity contribution in [1.29, 1.82) is 0 Å². The second-order valence-electron chi connectivity index (χ2n) is 7.88. The van der Waals surface area contributed by atoms with Gasteiger partial charge in [0, 0.05) is 32.1 Å². The summed E-state index contributed by atoms with van der Waals surface area (Å²) in [4.78, 5) is 31.7. The molecule has 0 radical (unpaired) electrons. The zero-order chi connectivity index (χ0) is 20.4. The van der Waals surface area contributed by atoms with Crippen LogP contribution in [0, 0.1) is 0 Å². The van der Waals surface area contributed by atoms with E-state index in [1.54, 1.807) is 11.0 Å². The first kappa shape index (κ1) is 20.5. The number of aromatic nitrogens is 2. The number of amides is 1. The van der Waals surface area contributed by atoms with Crippen molar-refractivity contribution in [3.05, 3.63) is 28.1 Å². The van der Waals surface area contributed by atoms with E-state index >= 15 is 0 Å². The SMILES string of the molecule is O=C(CCn1cnc2sccc2c1=O)N1CCC[C@@H](S(=O)(=O)NC2CCCC2)C1. The number of thiophene rings is 1. The minimum atomic E-state index is -3.43. The van der Waals surface area contributed by atoms with Crippen LogP contribution in [-0.2, 0) is 21.4 Å². The summed E-state index contributed by atoms with van der Waals surface area (Å²) in [6, 6.07) is 1.78. The molecule has 1 amide bonds. The van der Waals surface area contributed by atoms with E-state index in [-0.39, 0.29) is 37.0 Å². The Morgan fingerprint density at radius 2 is 2.03 bits per heavy atom. The fourth-order valence-electron chi connectivity index (χ4n) is 4.22. The van der Waals surface area contributed by atoms with Gasteiger partial charge in [-0.15, -0.1) is 11.3 Å². The average Bonchev–Trinajstić information content (AvgIpc) is 3.39. The molecule has 2 aromatic rings. The van der Waals surface area contributed by atoms with Crippen LogP contribution in [0.3, 0.4) is 0 Å². The van der Waals surface area contributed by atoms with Crippen molar-refractivity contribution in [2.45, 2.75) is 62.8 Å². The van der Waals surface area contributed by atoms with E-state index < -0.39 is 15.3 Å². The number of sulfonamides is 1. The number of aryl methyl sites for hydroxylation is 1. The van der Waals surface area contributed by atoms with E-state index in [1.165, 1.54) is 22.2 Å². The van der Waals surface area contributed by atoms with Crippen LogP contribution in [0.5, 0.6) is 0 Å². The fourth-order valence-corrected chi connectivity index (χ4v) is 6.69. The van der Waals surface area contributed by atoms with Crippen molar-refractivity contribution < 1.29 is 13.2 Å². The summed E-state index contributed by atoms with van der Waals surface area (Å²) in [5.74, 6) is -0.122. The summed E-state index contributed by atoms with van der Waals surface area (Å²) in [5, 5.41) is 1.82. The van der Waals surface area contributed by atoms with Crippen LogP contribution >= 0.6 is 11.3 Å². The normalized spacial score (nSPS) is 21.1.